The summed E-state index contributed by atoms with van der Waals surface area (Å²) in [4.78, 5) is 12.3. The lowest BCUT2D eigenvalue weighted by atomic mass is 10.0. The molecule has 26 heavy (non-hydrogen) atoms. The van der Waals surface area contributed by atoms with Gasteiger partial charge in [0.05, 0.1) is 18.8 Å². The van der Waals surface area contributed by atoms with Gasteiger partial charge in [-0.3, -0.25) is 4.79 Å². The third kappa shape index (κ3) is 6.50. The minimum atomic E-state index is -0.601. The lowest BCUT2D eigenvalue weighted by molar-refractivity contribution is -0.123. The number of phenols is 1. The van der Waals surface area contributed by atoms with Crippen LogP contribution in [-0.2, 0) is 16.0 Å². The van der Waals surface area contributed by atoms with Crippen molar-refractivity contribution < 1.29 is 19.7 Å². The van der Waals surface area contributed by atoms with E-state index in [0.717, 1.165) is 11.1 Å². The Balaban J connectivity index is 1.97. The molecule has 0 aliphatic rings. The summed E-state index contributed by atoms with van der Waals surface area (Å²) in [7, 11) is 0. The molecule has 1 amide bonds. The topological polar surface area (TPSA) is 78.8 Å². The van der Waals surface area contributed by atoms with Gasteiger partial charge in [-0.05, 0) is 43.5 Å². The fraction of sp³-hybridized carbons (Fsp3) is 0.381. The zero-order valence-electron chi connectivity index (χ0n) is 15.3. The molecule has 0 heterocycles. The quantitative estimate of drug-likeness (QED) is 0.645. The second-order valence-electron chi connectivity index (χ2n) is 6.54. The van der Waals surface area contributed by atoms with Crippen LogP contribution in [0.15, 0.2) is 54.6 Å². The molecule has 0 aromatic heterocycles. The molecular formula is C21H27NO4. The molecule has 1 unspecified atom stereocenters. The van der Waals surface area contributed by atoms with Crippen molar-refractivity contribution in [2.24, 2.45) is 0 Å². The molecule has 5 nitrogen and oxygen atoms in total. The Morgan fingerprint density at radius 1 is 1.08 bits per heavy atom. The van der Waals surface area contributed by atoms with Crippen LogP contribution in [0, 0.1) is 0 Å². The largest absolute Gasteiger partial charge is 0.508 e. The van der Waals surface area contributed by atoms with Gasteiger partial charge in [0.2, 0.25) is 5.91 Å². The van der Waals surface area contributed by atoms with E-state index < -0.39 is 12.2 Å². The highest BCUT2D eigenvalue weighted by molar-refractivity contribution is 5.76. The van der Waals surface area contributed by atoms with Gasteiger partial charge in [-0.2, -0.15) is 0 Å². The third-order valence-corrected chi connectivity index (χ3v) is 4.06. The van der Waals surface area contributed by atoms with Crippen LogP contribution in [0.3, 0.4) is 0 Å². The summed E-state index contributed by atoms with van der Waals surface area (Å²) in [5, 5.41) is 22.0. The molecule has 3 atom stereocenters. The Kier molecular flexibility index (Phi) is 7.63. The minimum Gasteiger partial charge on any atom is -0.508 e. The summed E-state index contributed by atoms with van der Waals surface area (Å²) in [6.07, 6.45) is 0.0617. The summed E-state index contributed by atoms with van der Waals surface area (Å²) < 4.78 is 5.81. The monoisotopic (exact) mass is 357 g/mol. The predicted octanol–water partition coefficient (Wildman–Crippen LogP) is 2.97. The standard InChI is InChI=1S/C21H27NO4/c1-15(23)14-26-21(18-9-11-19(24)12-10-18)16(2)22-20(25)13-8-17-6-4-3-5-7-17/h3-7,9-12,15-16,21,23-24H,8,13-14H2,1-2H3,(H,22,25)/t15-,16?,21-/m0/s1. The van der Waals surface area contributed by atoms with E-state index in [4.69, 9.17) is 4.74 Å². The number of phenolic OH excluding ortho intramolecular Hbond substituents is 1. The van der Waals surface area contributed by atoms with Crippen molar-refractivity contribution in [1.29, 1.82) is 0 Å². The van der Waals surface area contributed by atoms with E-state index in [1.54, 1.807) is 31.2 Å². The van der Waals surface area contributed by atoms with Crippen molar-refractivity contribution in [3.05, 3.63) is 65.7 Å². The van der Waals surface area contributed by atoms with E-state index in [0.29, 0.717) is 12.8 Å². The fourth-order valence-electron chi connectivity index (χ4n) is 2.74. The van der Waals surface area contributed by atoms with E-state index in [2.05, 4.69) is 5.32 Å². The number of amides is 1. The first-order valence-corrected chi connectivity index (χ1v) is 8.87. The van der Waals surface area contributed by atoms with E-state index in [-0.39, 0.29) is 24.3 Å². The van der Waals surface area contributed by atoms with E-state index >= 15 is 0 Å². The van der Waals surface area contributed by atoms with Gasteiger partial charge >= 0.3 is 0 Å². The van der Waals surface area contributed by atoms with Gasteiger partial charge in [0, 0.05) is 6.42 Å². The minimum absolute atomic E-state index is 0.0502. The first kappa shape index (κ1) is 19.9. The van der Waals surface area contributed by atoms with Crippen molar-refractivity contribution in [3.63, 3.8) is 0 Å². The molecule has 2 rings (SSSR count). The molecule has 2 aromatic rings. The SMILES string of the molecule is CC(NC(=O)CCc1ccccc1)[C@H](OC[C@H](C)O)c1ccc(O)cc1. The van der Waals surface area contributed by atoms with Gasteiger partial charge in [-0.25, -0.2) is 0 Å². The Bertz CT molecular complexity index is 670. The zero-order valence-corrected chi connectivity index (χ0v) is 15.3. The molecule has 0 aliphatic carbocycles. The van der Waals surface area contributed by atoms with Crippen LogP contribution in [0.5, 0.6) is 5.75 Å². The fourth-order valence-corrected chi connectivity index (χ4v) is 2.74. The molecule has 3 N–H and O–H groups in total. The van der Waals surface area contributed by atoms with Crippen molar-refractivity contribution >= 4 is 5.91 Å². The molecule has 0 aliphatic heterocycles. The van der Waals surface area contributed by atoms with Crippen LogP contribution < -0.4 is 5.32 Å². The predicted molar refractivity (Wildman–Crippen MR) is 101 cm³/mol. The smallest absolute Gasteiger partial charge is 0.220 e. The Morgan fingerprint density at radius 3 is 2.35 bits per heavy atom. The Hall–Kier alpha value is -2.37. The number of ether oxygens (including phenoxy) is 1. The molecule has 5 heteroatoms. The summed E-state index contributed by atoms with van der Waals surface area (Å²) >= 11 is 0. The lowest BCUT2D eigenvalue weighted by Crippen LogP contribution is -2.38. The number of carbonyl (C=O) groups is 1. The molecule has 0 bridgehead atoms. The number of aliphatic hydroxyl groups is 1. The molecule has 2 aromatic carbocycles. The molecule has 0 radical (unpaired) electrons. The van der Waals surface area contributed by atoms with Crippen molar-refractivity contribution in [1.82, 2.24) is 5.32 Å². The summed E-state index contributed by atoms with van der Waals surface area (Å²) in [6.45, 7) is 3.69. The maximum absolute atomic E-state index is 12.3. The van der Waals surface area contributed by atoms with Crippen LogP contribution >= 0.6 is 0 Å². The molecular weight excluding hydrogens is 330 g/mol. The number of carbonyl (C=O) groups excluding carboxylic acids is 1. The average molecular weight is 357 g/mol. The Morgan fingerprint density at radius 2 is 1.73 bits per heavy atom. The van der Waals surface area contributed by atoms with Gasteiger partial charge in [-0.15, -0.1) is 0 Å². The normalized spacial score (nSPS) is 14.4. The first-order valence-electron chi connectivity index (χ1n) is 8.87. The van der Waals surface area contributed by atoms with Crippen LogP contribution in [0.25, 0.3) is 0 Å². The number of nitrogens with one attached hydrogen (secondary N) is 1. The van der Waals surface area contributed by atoms with E-state index in [1.807, 2.05) is 37.3 Å². The van der Waals surface area contributed by atoms with Gasteiger partial charge in [-0.1, -0.05) is 42.5 Å². The number of aryl methyl sites for hydroxylation is 1. The first-order chi connectivity index (χ1) is 12.5. The number of rotatable bonds is 9. The molecule has 0 spiro atoms. The Labute approximate surface area is 154 Å². The van der Waals surface area contributed by atoms with Crippen molar-refractivity contribution in [3.8, 4) is 5.75 Å². The molecule has 140 valence electrons. The second kappa shape index (κ2) is 9.94. The van der Waals surface area contributed by atoms with E-state index in [1.165, 1.54) is 0 Å². The van der Waals surface area contributed by atoms with Crippen LogP contribution in [0.2, 0.25) is 0 Å². The summed E-state index contributed by atoms with van der Waals surface area (Å²) in [5.74, 6) is 0.119. The highest BCUT2D eigenvalue weighted by Crippen LogP contribution is 2.24. The second-order valence-corrected chi connectivity index (χ2v) is 6.54. The van der Waals surface area contributed by atoms with Crippen molar-refractivity contribution in [2.75, 3.05) is 6.61 Å². The average Bonchev–Trinajstić information content (AvgIpc) is 2.62. The van der Waals surface area contributed by atoms with Gasteiger partial charge < -0.3 is 20.3 Å². The van der Waals surface area contributed by atoms with Crippen LogP contribution in [0.1, 0.15) is 37.5 Å². The maximum Gasteiger partial charge on any atom is 0.220 e. The highest BCUT2D eigenvalue weighted by atomic mass is 16.5. The number of benzene rings is 2. The number of aliphatic hydroxyl groups excluding tert-OH is 1. The number of aromatic hydroxyl groups is 1. The summed E-state index contributed by atoms with van der Waals surface area (Å²) in [5.41, 5.74) is 1.95. The van der Waals surface area contributed by atoms with Gasteiger partial charge in [0.15, 0.2) is 0 Å². The molecule has 0 fully saturated rings. The van der Waals surface area contributed by atoms with Crippen LogP contribution in [0.4, 0.5) is 0 Å². The van der Waals surface area contributed by atoms with Gasteiger partial charge in [0.25, 0.3) is 0 Å². The summed E-state index contributed by atoms with van der Waals surface area (Å²) in [6, 6.07) is 16.3. The van der Waals surface area contributed by atoms with Gasteiger partial charge in [0.1, 0.15) is 11.9 Å². The number of hydrogen-bond acceptors (Lipinski definition) is 4. The maximum atomic E-state index is 12.3. The number of hydrogen-bond donors (Lipinski definition) is 3. The molecule has 0 saturated carbocycles. The molecule has 0 saturated heterocycles. The van der Waals surface area contributed by atoms with Crippen LogP contribution in [-0.4, -0.2) is 34.9 Å². The third-order valence-electron chi connectivity index (χ3n) is 4.06. The van der Waals surface area contributed by atoms with Crippen molar-refractivity contribution in [2.45, 2.75) is 44.9 Å². The zero-order chi connectivity index (χ0) is 18.9. The lowest BCUT2D eigenvalue weighted by Gasteiger charge is -2.26. The van der Waals surface area contributed by atoms with E-state index in [9.17, 15) is 15.0 Å². The highest BCUT2D eigenvalue weighted by Gasteiger charge is 2.22.